The van der Waals surface area contributed by atoms with Crippen molar-refractivity contribution in [3.63, 3.8) is 0 Å². The largest absolute Gasteiger partial charge is 0.385 e. The quantitative estimate of drug-likeness (QED) is 0.861. The molecule has 1 aromatic rings. The molecule has 2 rings (SSSR count). The van der Waals surface area contributed by atoms with Gasteiger partial charge >= 0.3 is 0 Å². The predicted molar refractivity (Wildman–Crippen MR) is 64.6 cm³/mol. The van der Waals surface area contributed by atoms with E-state index in [0.29, 0.717) is 5.02 Å². The van der Waals surface area contributed by atoms with Crippen LogP contribution in [-0.2, 0) is 10.3 Å². The van der Waals surface area contributed by atoms with E-state index in [0.717, 1.165) is 31.2 Å². The van der Waals surface area contributed by atoms with Crippen molar-refractivity contribution in [2.45, 2.75) is 37.4 Å². The van der Waals surface area contributed by atoms with Gasteiger partial charge < -0.3 is 9.84 Å². The molecule has 0 spiro atoms. The van der Waals surface area contributed by atoms with Crippen molar-refractivity contribution in [2.75, 3.05) is 7.11 Å². The zero-order valence-corrected chi connectivity index (χ0v) is 10.2. The molecule has 1 fully saturated rings. The van der Waals surface area contributed by atoms with Gasteiger partial charge in [0.15, 0.2) is 0 Å². The summed E-state index contributed by atoms with van der Waals surface area (Å²) in [4.78, 5) is 0. The molecule has 0 radical (unpaired) electrons. The molecule has 0 bridgehead atoms. The summed E-state index contributed by atoms with van der Waals surface area (Å²) in [5.74, 6) is 0. The SMILES string of the molecule is COC1CCC(O)(c2ccccc2Cl)CC1. The second kappa shape index (κ2) is 4.74. The molecule has 16 heavy (non-hydrogen) atoms. The average molecular weight is 241 g/mol. The van der Waals surface area contributed by atoms with Crippen molar-refractivity contribution in [3.05, 3.63) is 34.9 Å². The summed E-state index contributed by atoms with van der Waals surface area (Å²) >= 11 is 6.13. The lowest BCUT2D eigenvalue weighted by Crippen LogP contribution is -2.34. The molecule has 1 N–H and O–H groups in total. The molecular formula is C13H17ClO2. The van der Waals surface area contributed by atoms with Gasteiger partial charge in [0.2, 0.25) is 0 Å². The fraction of sp³-hybridized carbons (Fsp3) is 0.538. The molecule has 0 aromatic heterocycles. The van der Waals surface area contributed by atoms with Gasteiger partial charge in [-0.05, 0) is 31.7 Å². The van der Waals surface area contributed by atoms with Crippen LogP contribution in [0.3, 0.4) is 0 Å². The third-order valence-electron chi connectivity index (χ3n) is 3.47. The van der Waals surface area contributed by atoms with E-state index in [9.17, 15) is 5.11 Å². The predicted octanol–water partition coefficient (Wildman–Crippen LogP) is 3.12. The lowest BCUT2D eigenvalue weighted by Gasteiger charge is -2.36. The van der Waals surface area contributed by atoms with E-state index in [1.165, 1.54) is 0 Å². The second-order valence-electron chi connectivity index (χ2n) is 4.45. The Balaban J connectivity index is 2.18. The Morgan fingerprint density at radius 2 is 1.94 bits per heavy atom. The number of aliphatic hydroxyl groups is 1. The molecule has 1 aliphatic carbocycles. The highest BCUT2D eigenvalue weighted by atomic mass is 35.5. The van der Waals surface area contributed by atoms with Gasteiger partial charge in [-0.25, -0.2) is 0 Å². The Bertz CT molecular complexity index is 357. The Kier molecular flexibility index (Phi) is 3.53. The molecule has 1 aliphatic rings. The molecule has 0 amide bonds. The van der Waals surface area contributed by atoms with Crippen molar-refractivity contribution < 1.29 is 9.84 Å². The van der Waals surface area contributed by atoms with Crippen LogP contribution in [0.5, 0.6) is 0 Å². The van der Waals surface area contributed by atoms with Crippen LogP contribution in [0.4, 0.5) is 0 Å². The monoisotopic (exact) mass is 240 g/mol. The molecule has 0 atom stereocenters. The van der Waals surface area contributed by atoms with Crippen LogP contribution in [0.2, 0.25) is 5.02 Å². The lowest BCUT2D eigenvalue weighted by molar-refractivity contribution is -0.0473. The summed E-state index contributed by atoms with van der Waals surface area (Å²) in [6.07, 6.45) is 3.49. The van der Waals surface area contributed by atoms with Gasteiger partial charge in [-0.15, -0.1) is 0 Å². The van der Waals surface area contributed by atoms with Crippen LogP contribution in [0.1, 0.15) is 31.2 Å². The first-order valence-corrected chi connectivity index (χ1v) is 6.04. The Labute approximate surface area is 101 Å². The molecule has 2 nitrogen and oxygen atoms in total. The minimum absolute atomic E-state index is 0.280. The third-order valence-corrected chi connectivity index (χ3v) is 3.80. The van der Waals surface area contributed by atoms with E-state index < -0.39 is 5.60 Å². The molecule has 0 unspecified atom stereocenters. The number of methoxy groups -OCH3 is 1. The van der Waals surface area contributed by atoms with E-state index >= 15 is 0 Å². The average Bonchev–Trinajstić information content (AvgIpc) is 2.30. The summed E-state index contributed by atoms with van der Waals surface area (Å²) in [5.41, 5.74) is 0.0825. The first kappa shape index (κ1) is 11.9. The highest BCUT2D eigenvalue weighted by Crippen LogP contribution is 2.40. The molecule has 1 aromatic carbocycles. The topological polar surface area (TPSA) is 29.5 Å². The summed E-state index contributed by atoms with van der Waals surface area (Å²) in [5, 5.41) is 11.3. The first-order valence-electron chi connectivity index (χ1n) is 5.66. The van der Waals surface area contributed by atoms with E-state index in [1.807, 2.05) is 24.3 Å². The minimum atomic E-state index is -0.770. The Morgan fingerprint density at radius 1 is 1.31 bits per heavy atom. The van der Waals surface area contributed by atoms with Crippen molar-refractivity contribution in [3.8, 4) is 0 Å². The third kappa shape index (κ3) is 2.24. The summed E-state index contributed by atoms with van der Waals surface area (Å²) in [6, 6.07) is 7.55. The van der Waals surface area contributed by atoms with Crippen LogP contribution < -0.4 is 0 Å². The minimum Gasteiger partial charge on any atom is -0.385 e. The highest BCUT2D eigenvalue weighted by molar-refractivity contribution is 6.31. The van der Waals surface area contributed by atoms with Gasteiger partial charge in [0.25, 0.3) is 0 Å². The summed E-state index contributed by atoms with van der Waals surface area (Å²) in [7, 11) is 1.73. The maximum Gasteiger partial charge on any atom is 0.0912 e. The van der Waals surface area contributed by atoms with Gasteiger partial charge in [0.1, 0.15) is 0 Å². The zero-order valence-electron chi connectivity index (χ0n) is 9.45. The number of rotatable bonds is 2. The smallest absolute Gasteiger partial charge is 0.0912 e. The van der Waals surface area contributed by atoms with Gasteiger partial charge in [-0.3, -0.25) is 0 Å². The van der Waals surface area contributed by atoms with Crippen LogP contribution in [0.25, 0.3) is 0 Å². The number of ether oxygens (including phenoxy) is 1. The fourth-order valence-corrected chi connectivity index (χ4v) is 2.72. The molecule has 0 heterocycles. The summed E-state index contributed by atoms with van der Waals surface area (Å²) < 4.78 is 5.31. The normalized spacial score (nSPS) is 30.3. The lowest BCUT2D eigenvalue weighted by atomic mass is 9.78. The second-order valence-corrected chi connectivity index (χ2v) is 4.85. The molecule has 0 saturated heterocycles. The van der Waals surface area contributed by atoms with Gasteiger partial charge in [0.05, 0.1) is 11.7 Å². The molecule has 1 saturated carbocycles. The number of hydrogen-bond donors (Lipinski definition) is 1. The van der Waals surface area contributed by atoms with Crippen LogP contribution >= 0.6 is 11.6 Å². The van der Waals surface area contributed by atoms with E-state index in [4.69, 9.17) is 16.3 Å². The maximum absolute atomic E-state index is 10.6. The van der Waals surface area contributed by atoms with Gasteiger partial charge in [-0.1, -0.05) is 29.8 Å². The fourth-order valence-electron chi connectivity index (χ4n) is 2.41. The molecule has 3 heteroatoms. The number of hydrogen-bond acceptors (Lipinski definition) is 2. The van der Waals surface area contributed by atoms with Crippen LogP contribution in [0, 0.1) is 0 Å². The molecule has 88 valence electrons. The van der Waals surface area contributed by atoms with Crippen LogP contribution in [0.15, 0.2) is 24.3 Å². The molecule has 0 aliphatic heterocycles. The van der Waals surface area contributed by atoms with Gasteiger partial charge in [0, 0.05) is 17.7 Å². The number of halogens is 1. The first-order chi connectivity index (χ1) is 7.65. The van der Waals surface area contributed by atoms with Crippen molar-refractivity contribution >= 4 is 11.6 Å². The Morgan fingerprint density at radius 3 is 2.50 bits per heavy atom. The standard InChI is InChI=1S/C13H17ClO2/c1-16-10-6-8-13(15,9-7-10)11-4-2-3-5-12(11)14/h2-5,10,15H,6-9H2,1H3. The van der Waals surface area contributed by atoms with E-state index in [2.05, 4.69) is 0 Å². The van der Waals surface area contributed by atoms with Crippen molar-refractivity contribution in [1.82, 2.24) is 0 Å². The highest BCUT2D eigenvalue weighted by Gasteiger charge is 2.35. The van der Waals surface area contributed by atoms with Crippen LogP contribution in [-0.4, -0.2) is 18.3 Å². The van der Waals surface area contributed by atoms with Crippen molar-refractivity contribution in [1.29, 1.82) is 0 Å². The van der Waals surface area contributed by atoms with E-state index in [-0.39, 0.29) is 6.10 Å². The van der Waals surface area contributed by atoms with E-state index in [1.54, 1.807) is 7.11 Å². The molecular weight excluding hydrogens is 224 g/mol. The Hall–Kier alpha value is -0.570. The maximum atomic E-state index is 10.6. The van der Waals surface area contributed by atoms with Gasteiger partial charge in [-0.2, -0.15) is 0 Å². The van der Waals surface area contributed by atoms with Crippen molar-refractivity contribution in [2.24, 2.45) is 0 Å². The summed E-state index contributed by atoms with van der Waals surface area (Å²) in [6.45, 7) is 0. The number of benzene rings is 1. The zero-order chi connectivity index (χ0) is 11.6.